The Morgan fingerprint density at radius 3 is 2.27 bits per heavy atom. The average Bonchev–Trinajstić information content (AvgIpc) is 3.37. The standard InChI is InChI=1S/C25H20BrFN4O2/c1-15-24(32)31(21-12-8-19(28)9-13-21)25(33-15)23-22(16-2-6-18(27)7-3-16)14-30(29-23)20-10-4-17(26)5-11-20/h2-15,25H,28H2,1H3/t15-,25+/m0/s1. The van der Waals surface area contributed by atoms with Gasteiger partial charge in [-0.15, -0.1) is 0 Å². The Balaban J connectivity index is 1.66. The van der Waals surface area contributed by atoms with Crippen LogP contribution in [-0.4, -0.2) is 21.8 Å². The number of ether oxygens (including phenoxy) is 1. The summed E-state index contributed by atoms with van der Waals surface area (Å²) in [5.74, 6) is -0.502. The van der Waals surface area contributed by atoms with Crippen LogP contribution < -0.4 is 10.6 Å². The van der Waals surface area contributed by atoms with E-state index >= 15 is 0 Å². The van der Waals surface area contributed by atoms with E-state index in [1.54, 1.807) is 52.9 Å². The molecule has 0 aliphatic carbocycles. The number of hydrogen-bond donors (Lipinski definition) is 1. The number of nitrogens with zero attached hydrogens (tertiary/aromatic N) is 3. The van der Waals surface area contributed by atoms with Gasteiger partial charge in [0.05, 0.1) is 5.69 Å². The first kappa shape index (κ1) is 21.4. The normalized spacial score (nSPS) is 18.2. The first-order valence-electron chi connectivity index (χ1n) is 10.4. The summed E-state index contributed by atoms with van der Waals surface area (Å²) in [6.45, 7) is 1.72. The van der Waals surface area contributed by atoms with E-state index in [2.05, 4.69) is 15.9 Å². The minimum absolute atomic E-state index is 0.173. The first-order valence-corrected chi connectivity index (χ1v) is 11.2. The van der Waals surface area contributed by atoms with Crippen molar-refractivity contribution in [1.29, 1.82) is 0 Å². The third-order valence-electron chi connectivity index (χ3n) is 5.55. The number of amides is 1. The average molecular weight is 507 g/mol. The van der Waals surface area contributed by atoms with Gasteiger partial charge in [-0.3, -0.25) is 9.69 Å². The van der Waals surface area contributed by atoms with Crippen LogP contribution in [0.1, 0.15) is 18.8 Å². The molecule has 0 spiro atoms. The van der Waals surface area contributed by atoms with E-state index in [1.807, 2.05) is 30.5 Å². The molecule has 0 unspecified atom stereocenters. The van der Waals surface area contributed by atoms with Crippen molar-refractivity contribution in [2.24, 2.45) is 0 Å². The maximum absolute atomic E-state index is 13.6. The minimum atomic E-state index is -0.757. The fourth-order valence-corrected chi connectivity index (χ4v) is 4.12. The summed E-state index contributed by atoms with van der Waals surface area (Å²) in [6, 6.07) is 20.9. The zero-order valence-electron chi connectivity index (χ0n) is 17.7. The smallest absolute Gasteiger partial charge is 0.258 e. The van der Waals surface area contributed by atoms with Gasteiger partial charge >= 0.3 is 0 Å². The molecule has 2 heterocycles. The number of carbonyl (C=O) groups excluding carboxylic acids is 1. The monoisotopic (exact) mass is 506 g/mol. The molecule has 33 heavy (non-hydrogen) atoms. The number of nitrogens with two attached hydrogens (primary N) is 1. The Bertz CT molecular complexity index is 1300. The van der Waals surface area contributed by atoms with Gasteiger partial charge in [0.1, 0.15) is 17.6 Å². The predicted octanol–water partition coefficient (Wildman–Crippen LogP) is 5.47. The minimum Gasteiger partial charge on any atom is -0.399 e. The molecule has 1 amide bonds. The van der Waals surface area contributed by atoms with Crippen LogP contribution in [0.4, 0.5) is 15.8 Å². The van der Waals surface area contributed by atoms with Gasteiger partial charge in [0.25, 0.3) is 5.91 Å². The van der Waals surface area contributed by atoms with Crippen LogP contribution in [0, 0.1) is 5.82 Å². The number of nitrogen functional groups attached to an aromatic ring is 1. The number of carbonyl (C=O) groups is 1. The van der Waals surface area contributed by atoms with Crippen molar-refractivity contribution in [2.45, 2.75) is 19.3 Å². The number of aromatic nitrogens is 2. The van der Waals surface area contributed by atoms with Crippen molar-refractivity contribution in [3.8, 4) is 16.8 Å². The van der Waals surface area contributed by atoms with Crippen LogP contribution in [0.2, 0.25) is 0 Å². The summed E-state index contributed by atoms with van der Waals surface area (Å²) in [7, 11) is 0. The molecule has 8 heteroatoms. The lowest BCUT2D eigenvalue weighted by molar-refractivity contribution is -0.121. The van der Waals surface area contributed by atoms with Crippen molar-refractivity contribution in [1.82, 2.24) is 9.78 Å². The molecule has 166 valence electrons. The van der Waals surface area contributed by atoms with Crippen LogP contribution in [0.5, 0.6) is 0 Å². The van der Waals surface area contributed by atoms with Crippen molar-refractivity contribution < 1.29 is 13.9 Å². The van der Waals surface area contributed by atoms with Crippen molar-refractivity contribution >= 4 is 33.2 Å². The van der Waals surface area contributed by atoms with Gasteiger partial charge in [0.2, 0.25) is 0 Å². The molecule has 1 aromatic heterocycles. The molecule has 0 radical (unpaired) electrons. The van der Waals surface area contributed by atoms with Gasteiger partial charge in [-0.2, -0.15) is 5.10 Å². The Morgan fingerprint density at radius 2 is 1.61 bits per heavy atom. The molecular formula is C25H20BrFN4O2. The van der Waals surface area contributed by atoms with Crippen LogP contribution in [0.25, 0.3) is 16.8 Å². The summed E-state index contributed by atoms with van der Waals surface area (Å²) in [6.07, 6.45) is 0.461. The van der Waals surface area contributed by atoms with Gasteiger partial charge in [-0.25, -0.2) is 9.07 Å². The molecule has 0 saturated carbocycles. The van der Waals surface area contributed by atoms with Crippen LogP contribution in [-0.2, 0) is 9.53 Å². The summed E-state index contributed by atoms with van der Waals surface area (Å²) in [5.41, 5.74) is 10.00. The molecule has 6 nitrogen and oxygen atoms in total. The Hall–Kier alpha value is -3.49. The van der Waals surface area contributed by atoms with E-state index < -0.39 is 12.3 Å². The molecule has 3 aromatic carbocycles. The highest BCUT2D eigenvalue weighted by Gasteiger charge is 2.42. The molecule has 0 bridgehead atoms. The van der Waals surface area contributed by atoms with E-state index in [0.717, 1.165) is 21.3 Å². The molecule has 1 fully saturated rings. The number of hydrogen-bond acceptors (Lipinski definition) is 4. The molecule has 2 atom stereocenters. The van der Waals surface area contributed by atoms with E-state index in [-0.39, 0.29) is 11.7 Å². The molecule has 1 aliphatic rings. The quantitative estimate of drug-likeness (QED) is 0.372. The Kier molecular flexibility index (Phi) is 5.47. The zero-order chi connectivity index (χ0) is 23.1. The van der Waals surface area contributed by atoms with Crippen LogP contribution in [0.3, 0.4) is 0 Å². The number of rotatable bonds is 4. The van der Waals surface area contributed by atoms with E-state index in [9.17, 15) is 9.18 Å². The lowest BCUT2D eigenvalue weighted by atomic mass is 10.1. The van der Waals surface area contributed by atoms with Crippen molar-refractivity contribution in [3.05, 3.63) is 95.0 Å². The summed E-state index contributed by atoms with van der Waals surface area (Å²) < 4.78 is 22.4. The van der Waals surface area contributed by atoms with Gasteiger partial charge in [0, 0.05) is 27.6 Å². The molecule has 5 rings (SSSR count). The number of benzene rings is 3. The molecule has 2 N–H and O–H groups in total. The second kappa shape index (κ2) is 8.46. The van der Waals surface area contributed by atoms with Gasteiger partial charge < -0.3 is 10.5 Å². The topological polar surface area (TPSA) is 73.4 Å². The third kappa shape index (κ3) is 4.03. The summed E-state index contributed by atoms with van der Waals surface area (Å²) in [5, 5.41) is 4.82. The van der Waals surface area contributed by atoms with Gasteiger partial charge in [-0.05, 0) is 73.2 Å². The largest absolute Gasteiger partial charge is 0.399 e. The van der Waals surface area contributed by atoms with Gasteiger partial charge in [0.15, 0.2) is 6.23 Å². The highest BCUT2D eigenvalue weighted by molar-refractivity contribution is 9.10. The van der Waals surface area contributed by atoms with E-state index in [0.29, 0.717) is 17.1 Å². The number of anilines is 2. The van der Waals surface area contributed by atoms with E-state index in [4.69, 9.17) is 15.6 Å². The highest BCUT2D eigenvalue weighted by atomic mass is 79.9. The molecular weight excluding hydrogens is 487 g/mol. The predicted molar refractivity (Wildman–Crippen MR) is 128 cm³/mol. The van der Waals surface area contributed by atoms with Crippen LogP contribution >= 0.6 is 15.9 Å². The lowest BCUT2D eigenvalue weighted by Crippen LogP contribution is -2.30. The highest BCUT2D eigenvalue weighted by Crippen LogP contribution is 2.40. The second-order valence-electron chi connectivity index (χ2n) is 7.79. The molecule has 1 saturated heterocycles. The second-order valence-corrected chi connectivity index (χ2v) is 8.70. The molecule has 1 aliphatic heterocycles. The molecule has 4 aromatic rings. The lowest BCUT2D eigenvalue weighted by Gasteiger charge is -2.23. The van der Waals surface area contributed by atoms with E-state index in [1.165, 1.54) is 12.1 Å². The summed E-state index contributed by atoms with van der Waals surface area (Å²) in [4.78, 5) is 14.7. The first-order chi connectivity index (χ1) is 15.9. The Morgan fingerprint density at radius 1 is 0.970 bits per heavy atom. The zero-order valence-corrected chi connectivity index (χ0v) is 19.2. The fourth-order valence-electron chi connectivity index (χ4n) is 3.86. The van der Waals surface area contributed by atoms with Crippen molar-refractivity contribution in [3.63, 3.8) is 0 Å². The van der Waals surface area contributed by atoms with Gasteiger partial charge in [-0.1, -0.05) is 28.1 Å². The van der Waals surface area contributed by atoms with Crippen molar-refractivity contribution in [2.75, 3.05) is 10.6 Å². The number of halogens is 2. The maximum atomic E-state index is 13.6. The maximum Gasteiger partial charge on any atom is 0.258 e. The SMILES string of the molecule is C[C@@H]1O[C@H](c2nn(-c3ccc(Br)cc3)cc2-c2ccc(F)cc2)N(c2ccc(N)cc2)C1=O. The Labute approximate surface area is 198 Å². The fraction of sp³-hybridized carbons (Fsp3) is 0.120. The van der Waals surface area contributed by atoms with Crippen LogP contribution in [0.15, 0.2) is 83.5 Å². The summed E-state index contributed by atoms with van der Waals surface area (Å²) >= 11 is 3.45. The third-order valence-corrected chi connectivity index (χ3v) is 6.08.